The Bertz CT molecular complexity index is 547. The molecule has 3 nitrogen and oxygen atoms in total. The zero-order valence-corrected chi connectivity index (χ0v) is 12.5. The molecular weight excluding hydrogens is 260 g/mol. The molecule has 0 spiro atoms. The fourth-order valence-corrected chi connectivity index (χ4v) is 2.80. The van der Waals surface area contributed by atoms with Crippen molar-refractivity contribution in [3.05, 3.63) is 65.5 Å². The number of rotatable bonds is 4. The quantitative estimate of drug-likeness (QED) is 0.934. The Balaban J connectivity index is 1.85. The summed E-state index contributed by atoms with van der Waals surface area (Å²) in [6.07, 6.45) is 5.88. The van der Waals surface area contributed by atoms with Crippen LogP contribution in [0.1, 0.15) is 35.6 Å². The van der Waals surface area contributed by atoms with Gasteiger partial charge in [0.2, 0.25) is 0 Å². The van der Waals surface area contributed by atoms with Crippen LogP contribution in [0, 0.1) is 6.92 Å². The Hall–Kier alpha value is -1.71. The van der Waals surface area contributed by atoms with Crippen molar-refractivity contribution < 1.29 is 4.74 Å². The zero-order valence-electron chi connectivity index (χ0n) is 12.5. The molecule has 110 valence electrons. The van der Waals surface area contributed by atoms with E-state index in [1.54, 1.807) is 0 Å². The molecule has 1 N–H and O–H groups in total. The molecule has 1 atom stereocenters. The molecule has 0 aliphatic carbocycles. The van der Waals surface area contributed by atoms with E-state index in [-0.39, 0.29) is 6.04 Å². The lowest BCUT2D eigenvalue weighted by Crippen LogP contribution is -2.37. The largest absolute Gasteiger partial charge is 0.381 e. The van der Waals surface area contributed by atoms with Gasteiger partial charge in [0.25, 0.3) is 0 Å². The monoisotopic (exact) mass is 282 g/mol. The first kappa shape index (κ1) is 14.2. The maximum Gasteiger partial charge on any atom is 0.0579 e. The standard InChI is InChI=1S/C18H22N2O/c1-14-2-4-15(5-3-14)18(16-6-10-19-11-7-16)20-17-8-12-21-13-9-17/h2-7,10-11,17-18,20H,8-9,12-13H2,1H3. The molecule has 0 amide bonds. The molecule has 1 aromatic heterocycles. The number of hydrogen-bond donors (Lipinski definition) is 1. The van der Waals surface area contributed by atoms with Crippen LogP contribution in [0.2, 0.25) is 0 Å². The lowest BCUT2D eigenvalue weighted by molar-refractivity contribution is 0.0761. The highest BCUT2D eigenvalue weighted by Gasteiger charge is 2.20. The summed E-state index contributed by atoms with van der Waals surface area (Å²) in [6.45, 7) is 3.83. The van der Waals surface area contributed by atoms with Crippen molar-refractivity contribution in [2.75, 3.05) is 13.2 Å². The van der Waals surface area contributed by atoms with Gasteiger partial charge in [-0.15, -0.1) is 0 Å². The van der Waals surface area contributed by atoms with Gasteiger partial charge in [0.1, 0.15) is 0 Å². The molecule has 2 heterocycles. The molecule has 2 aromatic rings. The fourth-order valence-electron chi connectivity index (χ4n) is 2.80. The smallest absolute Gasteiger partial charge is 0.0579 e. The van der Waals surface area contributed by atoms with Crippen LogP contribution in [0.4, 0.5) is 0 Å². The normalized spacial score (nSPS) is 17.6. The minimum Gasteiger partial charge on any atom is -0.381 e. The van der Waals surface area contributed by atoms with E-state index >= 15 is 0 Å². The van der Waals surface area contributed by atoms with Gasteiger partial charge in [0.05, 0.1) is 6.04 Å². The molecular formula is C18H22N2O. The predicted molar refractivity (Wildman–Crippen MR) is 84.2 cm³/mol. The number of pyridine rings is 1. The van der Waals surface area contributed by atoms with Crippen molar-refractivity contribution >= 4 is 0 Å². The summed E-state index contributed by atoms with van der Waals surface area (Å²) in [7, 11) is 0. The molecule has 3 rings (SSSR count). The van der Waals surface area contributed by atoms with E-state index in [1.807, 2.05) is 12.4 Å². The molecule has 1 unspecified atom stereocenters. The average molecular weight is 282 g/mol. The number of hydrogen-bond acceptors (Lipinski definition) is 3. The second kappa shape index (κ2) is 6.83. The van der Waals surface area contributed by atoms with Gasteiger partial charge < -0.3 is 10.1 Å². The second-order valence-corrected chi connectivity index (χ2v) is 5.68. The predicted octanol–water partition coefficient (Wildman–Crippen LogP) is 3.25. The van der Waals surface area contributed by atoms with E-state index in [0.29, 0.717) is 6.04 Å². The van der Waals surface area contributed by atoms with Crippen LogP contribution < -0.4 is 5.32 Å². The molecule has 1 aromatic carbocycles. The molecule has 1 saturated heterocycles. The van der Waals surface area contributed by atoms with Crippen molar-refractivity contribution in [1.29, 1.82) is 0 Å². The lowest BCUT2D eigenvalue weighted by atomic mass is 9.96. The van der Waals surface area contributed by atoms with Crippen molar-refractivity contribution in [3.63, 3.8) is 0 Å². The highest BCUT2D eigenvalue weighted by molar-refractivity contribution is 5.32. The third kappa shape index (κ3) is 3.69. The fraction of sp³-hybridized carbons (Fsp3) is 0.389. The van der Waals surface area contributed by atoms with Crippen molar-refractivity contribution in [2.45, 2.75) is 31.8 Å². The van der Waals surface area contributed by atoms with E-state index < -0.39 is 0 Å². The zero-order chi connectivity index (χ0) is 14.5. The number of benzene rings is 1. The second-order valence-electron chi connectivity index (χ2n) is 5.68. The lowest BCUT2D eigenvalue weighted by Gasteiger charge is -2.29. The van der Waals surface area contributed by atoms with Gasteiger partial charge in [-0.2, -0.15) is 0 Å². The van der Waals surface area contributed by atoms with Gasteiger partial charge in [0, 0.05) is 31.6 Å². The van der Waals surface area contributed by atoms with Crippen LogP contribution in [0.25, 0.3) is 0 Å². The van der Waals surface area contributed by atoms with Gasteiger partial charge in [-0.1, -0.05) is 29.8 Å². The third-order valence-electron chi connectivity index (χ3n) is 4.07. The maximum atomic E-state index is 5.46. The summed E-state index contributed by atoms with van der Waals surface area (Å²) in [6, 6.07) is 13.7. The number of aryl methyl sites for hydroxylation is 1. The van der Waals surface area contributed by atoms with E-state index in [0.717, 1.165) is 26.1 Å². The molecule has 1 aliphatic rings. The SMILES string of the molecule is Cc1ccc(C(NC2CCOCC2)c2ccncc2)cc1. The first-order chi connectivity index (χ1) is 10.3. The molecule has 3 heteroatoms. The summed E-state index contributed by atoms with van der Waals surface area (Å²) < 4.78 is 5.46. The van der Waals surface area contributed by atoms with Crippen LogP contribution >= 0.6 is 0 Å². The van der Waals surface area contributed by atoms with Crippen LogP contribution in [-0.2, 0) is 4.74 Å². The Morgan fingerprint density at radius 2 is 1.62 bits per heavy atom. The summed E-state index contributed by atoms with van der Waals surface area (Å²) in [5, 5.41) is 3.80. The Labute approximate surface area is 126 Å². The van der Waals surface area contributed by atoms with Crippen molar-refractivity contribution in [2.24, 2.45) is 0 Å². The highest BCUT2D eigenvalue weighted by Crippen LogP contribution is 2.24. The summed E-state index contributed by atoms with van der Waals surface area (Å²) in [5.74, 6) is 0. The number of ether oxygens (including phenoxy) is 1. The number of aromatic nitrogens is 1. The summed E-state index contributed by atoms with van der Waals surface area (Å²) in [5.41, 5.74) is 3.86. The Morgan fingerprint density at radius 3 is 2.29 bits per heavy atom. The van der Waals surface area contributed by atoms with Crippen LogP contribution in [-0.4, -0.2) is 24.2 Å². The topological polar surface area (TPSA) is 34.1 Å². The van der Waals surface area contributed by atoms with Crippen molar-refractivity contribution in [3.8, 4) is 0 Å². The number of nitrogens with zero attached hydrogens (tertiary/aromatic N) is 1. The van der Waals surface area contributed by atoms with Crippen LogP contribution in [0.15, 0.2) is 48.8 Å². The summed E-state index contributed by atoms with van der Waals surface area (Å²) >= 11 is 0. The van der Waals surface area contributed by atoms with Crippen LogP contribution in [0.5, 0.6) is 0 Å². The van der Waals surface area contributed by atoms with Crippen LogP contribution in [0.3, 0.4) is 0 Å². The van der Waals surface area contributed by atoms with E-state index in [4.69, 9.17) is 4.74 Å². The minimum absolute atomic E-state index is 0.219. The maximum absolute atomic E-state index is 5.46. The van der Waals surface area contributed by atoms with E-state index in [2.05, 4.69) is 53.6 Å². The third-order valence-corrected chi connectivity index (χ3v) is 4.07. The molecule has 0 bridgehead atoms. The van der Waals surface area contributed by atoms with Gasteiger partial charge in [-0.25, -0.2) is 0 Å². The average Bonchev–Trinajstić information content (AvgIpc) is 2.55. The van der Waals surface area contributed by atoms with Gasteiger partial charge in [0.15, 0.2) is 0 Å². The first-order valence-electron chi connectivity index (χ1n) is 7.63. The summed E-state index contributed by atoms with van der Waals surface area (Å²) in [4.78, 5) is 4.13. The Kier molecular flexibility index (Phi) is 4.63. The van der Waals surface area contributed by atoms with Gasteiger partial charge >= 0.3 is 0 Å². The van der Waals surface area contributed by atoms with Crippen molar-refractivity contribution in [1.82, 2.24) is 10.3 Å². The van der Waals surface area contributed by atoms with Gasteiger partial charge in [-0.05, 0) is 43.0 Å². The number of nitrogens with one attached hydrogen (secondary N) is 1. The molecule has 1 aliphatic heterocycles. The first-order valence-corrected chi connectivity index (χ1v) is 7.63. The van der Waals surface area contributed by atoms with Gasteiger partial charge in [-0.3, -0.25) is 4.98 Å². The molecule has 0 saturated carbocycles. The molecule has 1 fully saturated rings. The van der Waals surface area contributed by atoms with E-state index in [1.165, 1.54) is 16.7 Å². The molecule has 0 radical (unpaired) electrons. The highest BCUT2D eigenvalue weighted by atomic mass is 16.5. The minimum atomic E-state index is 0.219. The molecule has 21 heavy (non-hydrogen) atoms. The van der Waals surface area contributed by atoms with E-state index in [9.17, 15) is 0 Å². The Morgan fingerprint density at radius 1 is 1.00 bits per heavy atom.